The van der Waals surface area contributed by atoms with Gasteiger partial charge in [0.05, 0.1) is 35.4 Å². The van der Waals surface area contributed by atoms with E-state index in [1.165, 1.54) is 19.2 Å². The molecule has 170 valence electrons. The number of sulfonamides is 2. The minimum absolute atomic E-state index is 0.0237. The van der Waals surface area contributed by atoms with Crippen molar-refractivity contribution >= 4 is 58.3 Å². The summed E-state index contributed by atoms with van der Waals surface area (Å²) in [7, 11) is -6.55. The van der Waals surface area contributed by atoms with Gasteiger partial charge in [-0.2, -0.15) is 0 Å². The van der Waals surface area contributed by atoms with Crippen LogP contribution in [0.3, 0.4) is 0 Å². The number of benzene rings is 2. The summed E-state index contributed by atoms with van der Waals surface area (Å²) >= 11 is 1.11. The number of fused-ring (bicyclic) bond motifs is 1. The molecule has 0 aliphatic carbocycles. The van der Waals surface area contributed by atoms with Crippen LogP contribution in [-0.4, -0.2) is 47.2 Å². The molecule has 2 aromatic carbocycles. The molecular weight excluding hydrogens is 478 g/mol. The normalized spacial score (nSPS) is 15.8. The van der Waals surface area contributed by atoms with Gasteiger partial charge in [0.2, 0.25) is 15.9 Å². The van der Waals surface area contributed by atoms with Gasteiger partial charge in [0.1, 0.15) is 16.4 Å². The first-order chi connectivity index (χ1) is 15.1. The molecule has 0 spiro atoms. The lowest BCUT2D eigenvalue weighted by Crippen LogP contribution is -2.29. The van der Waals surface area contributed by atoms with Gasteiger partial charge in [0, 0.05) is 6.42 Å². The Hall–Kier alpha value is -2.90. The van der Waals surface area contributed by atoms with Gasteiger partial charge in [-0.3, -0.25) is 9.52 Å². The van der Waals surface area contributed by atoms with E-state index in [2.05, 4.69) is 9.71 Å². The van der Waals surface area contributed by atoms with Crippen molar-refractivity contribution in [2.75, 3.05) is 28.5 Å². The van der Waals surface area contributed by atoms with Gasteiger partial charge >= 0.3 is 0 Å². The van der Waals surface area contributed by atoms with Gasteiger partial charge in [0.25, 0.3) is 10.0 Å². The monoisotopic (exact) mass is 497 g/mol. The van der Waals surface area contributed by atoms with Crippen LogP contribution in [0.2, 0.25) is 0 Å². The van der Waals surface area contributed by atoms with Gasteiger partial charge < -0.3 is 9.47 Å². The number of nitrogens with zero attached hydrogens (tertiary/aromatic N) is 2. The maximum atomic E-state index is 13.2. The van der Waals surface area contributed by atoms with E-state index in [9.17, 15) is 21.6 Å². The van der Waals surface area contributed by atoms with E-state index >= 15 is 0 Å². The van der Waals surface area contributed by atoms with Gasteiger partial charge in [-0.25, -0.2) is 26.1 Å². The molecule has 4 rings (SSSR count). The Kier molecular flexibility index (Phi) is 5.73. The standard InChI is InChI=1S/C19H19N3O7S3/c1-3-29-15-7-4-12(22-18(23)8-9-31(22,24)25)10-17(15)32(26,27)21-19-20-14-6-5-13(28-2)11-16(14)30-19/h4-7,10-11H,3,8-9H2,1-2H3,(H,20,21). The van der Waals surface area contributed by atoms with Crippen LogP contribution in [0.15, 0.2) is 41.3 Å². The number of carbonyl (C=O) groups is 1. The fourth-order valence-corrected chi connectivity index (χ4v) is 6.97. The summed E-state index contributed by atoms with van der Waals surface area (Å²) in [4.78, 5) is 16.1. The quantitative estimate of drug-likeness (QED) is 0.527. The zero-order chi connectivity index (χ0) is 23.1. The number of ether oxygens (including phenoxy) is 2. The topological polar surface area (TPSA) is 132 Å². The SMILES string of the molecule is CCOc1ccc(N2C(=O)CCS2(=O)=O)cc1S(=O)(=O)Nc1nc2ccc(OC)cc2s1. The Morgan fingerprint density at radius 3 is 2.66 bits per heavy atom. The van der Waals surface area contributed by atoms with Crippen LogP contribution in [0.5, 0.6) is 11.5 Å². The predicted octanol–water partition coefficient (Wildman–Crippen LogP) is 2.57. The van der Waals surface area contributed by atoms with Crippen molar-refractivity contribution in [1.29, 1.82) is 0 Å². The van der Waals surface area contributed by atoms with Crippen LogP contribution in [0.25, 0.3) is 10.2 Å². The van der Waals surface area contributed by atoms with Crippen LogP contribution in [0, 0.1) is 0 Å². The maximum Gasteiger partial charge on any atom is 0.267 e. The van der Waals surface area contributed by atoms with Crippen molar-refractivity contribution in [2.24, 2.45) is 0 Å². The number of hydrogen-bond acceptors (Lipinski definition) is 9. The minimum atomic E-state index is -4.23. The number of anilines is 2. The number of rotatable bonds is 7. The molecule has 0 saturated carbocycles. The second-order valence-corrected chi connectivity index (χ2v) is 11.4. The summed E-state index contributed by atoms with van der Waals surface area (Å²) in [6.07, 6.45) is -0.162. The van der Waals surface area contributed by atoms with Crippen molar-refractivity contribution in [1.82, 2.24) is 4.98 Å². The average Bonchev–Trinajstić information content (AvgIpc) is 3.26. The van der Waals surface area contributed by atoms with Gasteiger partial charge in [-0.15, -0.1) is 0 Å². The van der Waals surface area contributed by atoms with E-state index < -0.39 is 26.0 Å². The molecule has 1 aliphatic heterocycles. The first kappa shape index (κ1) is 22.3. The number of thiazole rings is 1. The van der Waals surface area contributed by atoms with Crippen molar-refractivity contribution in [3.8, 4) is 11.5 Å². The fourth-order valence-electron chi connectivity index (χ4n) is 3.22. The summed E-state index contributed by atoms with van der Waals surface area (Å²) in [6.45, 7) is 1.87. The zero-order valence-corrected chi connectivity index (χ0v) is 19.5. The number of carbonyl (C=O) groups excluding carboxylic acids is 1. The molecule has 1 saturated heterocycles. The second kappa shape index (κ2) is 8.22. The van der Waals surface area contributed by atoms with Crippen molar-refractivity contribution in [2.45, 2.75) is 18.2 Å². The molecule has 1 aliphatic rings. The summed E-state index contributed by atoms with van der Waals surface area (Å²) in [5.74, 6) is -0.311. The van der Waals surface area contributed by atoms with Crippen molar-refractivity contribution in [3.63, 3.8) is 0 Å². The van der Waals surface area contributed by atoms with Gasteiger partial charge in [-0.1, -0.05) is 11.3 Å². The van der Waals surface area contributed by atoms with E-state index in [-0.39, 0.29) is 40.2 Å². The fraction of sp³-hybridized carbons (Fsp3) is 0.263. The van der Waals surface area contributed by atoms with E-state index in [0.717, 1.165) is 22.1 Å². The van der Waals surface area contributed by atoms with Crippen LogP contribution < -0.4 is 18.5 Å². The second-order valence-electron chi connectivity index (χ2n) is 6.75. The summed E-state index contributed by atoms with van der Waals surface area (Å²) in [5, 5.41) is 0.117. The van der Waals surface area contributed by atoms with Crippen LogP contribution in [0.4, 0.5) is 10.8 Å². The Bertz CT molecular complexity index is 1420. The highest BCUT2D eigenvalue weighted by Gasteiger charge is 2.37. The van der Waals surface area contributed by atoms with Crippen LogP contribution in [-0.2, 0) is 24.8 Å². The number of hydrogen-bond donors (Lipinski definition) is 1. The number of aromatic nitrogens is 1. The van der Waals surface area contributed by atoms with Gasteiger partial charge in [0.15, 0.2) is 5.13 Å². The van der Waals surface area contributed by atoms with E-state index in [1.807, 2.05) is 0 Å². The zero-order valence-electron chi connectivity index (χ0n) is 17.1. The molecule has 32 heavy (non-hydrogen) atoms. The molecule has 0 atom stereocenters. The molecule has 0 unspecified atom stereocenters. The summed E-state index contributed by atoms with van der Waals surface area (Å²) in [5.41, 5.74) is 0.520. The number of amides is 1. The van der Waals surface area contributed by atoms with E-state index in [1.54, 1.807) is 25.1 Å². The number of methoxy groups -OCH3 is 1. The van der Waals surface area contributed by atoms with E-state index in [0.29, 0.717) is 15.6 Å². The largest absolute Gasteiger partial charge is 0.497 e. The molecule has 0 bridgehead atoms. The third kappa shape index (κ3) is 4.10. The lowest BCUT2D eigenvalue weighted by Gasteiger charge is -2.18. The maximum absolute atomic E-state index is 13.2. The Labute approximate surface area is 188 Å². The molecule has 0 radical (unpaired) electrons. The Morgan fingerprint density at radius 1 is 1.22 bits per heavy atom. The molecule has 3 aromatic rings. The Morgan fingerprint density at radius 2 is 2.00 bits per heavy atom. The van der Waals surface area contributed by atoms with Crippen LogP contribution in [0.1, 0.15) is 13.3 Å². The lowest BCUT2D eigenvalue weighted by atomic mass is 10.3. The molecule has 10 nitrogen and oxygen atoms in total. The summed E-state index contributed by atoms with van der Waals surface area (Å²) in [6, 6.07) is 8.95. The van der Waals surface area contributed by atoms with Crippen molar-refractivity contribution < 1.29 is 31.1 Å². The molecule has 13 heteroatoms. The predicted molar refractivity (Wildman–Crippen MR) is 120 cm³/mol. The first-order valence-corrected chi connectivity index (χ1v) is 13.4. The highest BCUT2D eigenvalue weighted by atomic mass is 32.2. The summed E-state index contributed by atoms with van der Waals surface area (Å²) < 4.78 is 65.3. The molecule has 1 N–H and O–H groups in total. The molecule has 1 fully saturated rings. The lowest BCUT2D eigenvalue weighted by molar-refractivity contribution is -0.116. The Balaban J connectivity index is 1.75. The first-order valence-electron chi connectivity index (χ1n) is 9.44. The highest BCUT2D eigenvalue weighted by molar-refractivity contribution is 7.94. The highest BCUT2D eigenvalue weighted by Crippen LogP contribution is 2.35. The third-order valence-electron chi connectivity index (χ3n) is 4.65. The van der Waals surface area contributed by atoms with Crippen LogP contribution >= 0.6 is 11.3 Å². The average molecular weight is 498 g/mol. The smallest absolute Gasteiger partial charge is 0.267 e. The third-order valence-corrected chi connectivity index (χ3v) is 8.76. The molecule has 1 aromatic heterocycles. The van der Waals surface area contributed by atoms with Gasteiger partial charge in [-0.05, 0) is 43.3 Å². The molecular formula is C19H19N3O7S3. The van der Waals surface area contributed by atoms with E-state index in [4.69, 9.17) is 9.47 Å². The molecule has 2 heterocycles. The minimum Gasteiger partial charge on any atom is -0.497 e. The molecule has 1 amide bonds. The number of nitrogens with one attached hydrogen (secondary N) is 1. The van der Waals surface area contributed by atoms with Crippen molar-refractivity contribution in [3.05, 3.63) is 36.4 Å².